The molecule has 0 saturated heterocycles. The van der Waals surface area contributed by atoms with Crippen LogP contribution in [0.3, 0.4) is 0 Å². The molecule has 0 fully saturated rings. The number of carbonyl (C=O) groups is 6. The molecule has 0 spiro atoms. The Morgan fingerprint density at radius 3 is 0.731 bits per heavy atom. The van der Waals surface area contributed by atoms with Crippen LogP contribution >= 0.6 is 0 Å². The Balaban J connectivity index is -0.000000226. The van der Waals surface area contributed by atoms with Crippen molar-refractivity contribution in [2.75, 3.05) is 0 Å². The van der Waals surface area contributed by atoms with Crippen molar-refractivity contribution in [1.82, 2.24) is 0 Å². The van der Waals surface area contributed by atoms with E-state index in [1.165, 1.54) is 0 Å². The minimum atomic E-state index is -4.45. The van der Waals surface area contributed by atoms with Crippen molar-refractivity contribution in [3.05, 3.63) is 0 Å². The summed E-state index contributed by atoms with van der Waals surface area (Å²) in [5.41, 5.74) is 0. The largest absolute Gasteiger partial charge is 2.00 e. The first-order valence-corrected chi connectivity index (χ1v) is 7.90. The van der Waals surface area contributed by atoms with Gasteiger partial charge in [-0.3, -0.25) is 19.2 Å². The maximum Gasteiger partial charge on any atom is 2.00 e. The van der Waals surface area contributed by atoms with E-state index in [0.717, 1.165) is 41.5 Å². The molecule has 12 nitrogen and oxygen atoms in total. The van der Waals surface area contributed by atoms with Crippen LogP contribution in [0.5, 0.6) is 0 Å². The maximum atomic E-state index is 10.8. The fourth-order valence-electron chi connectivity index (χ4n) is 0.829. The van der Waals surface area contributed by atoms with Gasteiger partial charge in [-0.05, 0) is 13.8 Å². The molecule has 0 N–H and O–H groups in total. The molecule has 0 rings (SSSR count). The molecular formula is C12H18CaO12Si. The molecule has 0 aliphatic heterocycles. The van der Waals surface area contributed by atoms with E-state index in [1.54, 1.807) is 0 Å². The van der Waals surface area contributed by atoms with Crippen LogP contribution in [0.15, 0.2) is 0 Å². The van der Waals surface area contributed by atoms with Crippen LogP contribution in [0.4, 0.5) is 0 Å². The summed E-state index contributed by atoms with van der Waals surface area (Å²) in [5, 5.41) is 17.8. The number of carboxylic acid groups (broad SMARTS) is 2. The Morgan fingerprint density at radius 2 is 0.654 bits per heavy atom. The number of carbonyl (C=O) groups excluding carboxylic acids is 6. The number of hydrogen-bond donors (Lipinski definition) is 0. The molecule has 0 heterocycles. The normalized spacial score (nSPS) is 8.54. The third-order valence-electron chi connectivity index (χ3n) is 1.07. The van der Waals surface area contributed by atoms with Crippen molar-refractivity contribution in [1.29, 1.82) is 0 Å². The van der Waals surface area contributed by atoms with Crippen molar-refractivity contribution in [2.45, 2.75) is 41.5 Å². The molecule has 0 unspecified atom stereocenters. The Hall–Kier alpha value is -1.70. The smallest absolute Gasteiger partial charge is 0.550 e. The van der Waals surface area contributed by atoms with E-state index >= 15 is 0 Å². The van der Waals surface area contributed by atoms with Crippen molar-refractivity contribution in [3.63, 3.8) is 0 Å². The minimum Gasteiger partial charge on any atom is -0.550 e. The van der Waals surface area contributed by atoms with E-state index in [1.807, 2.05) is 0 Å². The average molecular weight is 422 g/mol. The van der Waals surface area contributed by atoms with Crippen molar-refractivity contribution in [3.8, 4) is 0 Å². The first kappa shape index (κ1) is 32.0. The van der Waals surface area contributed by atoms with Crippen LogP contribution in [0.2, 0.25) is 0 Å². The SMILES string of the molecule is CC(=O)O[Si](OC(C)=O)(OC(C)=O)OC(C)=O.CC(=O)[O-].CC(=O)[O-].[Ca+2]. The number of hydrogen-bond acceptors (Lipinski definition) is 12. The standard InChI is InChI=1S/C8H12O8Si.2C2H4O2.Ca/c1-5(9)13-17(14-6(2)10,15-7(3)11)16-8(4)12;2*1-2(3)4;/h1-4H3;2*1H3,(H,3,4);/q;;;+2/p-2. The number of carboxylic acids is 2. The van der Waals surface area contributed by atoms with E-state index in [4.69, 9.17) is 19.8 Å². The van der Waals surface area contributed by atoms with Crippen LogP contribution in [0.25, 0.3) is 0 Å². The molecule has 0 aromatic heterocycles. The molecule has 0 aromatic carbocycles. The zero-order valence-electron chi connectivity index (χ0n) is 15.1. The second-order valence-electron chi connectivity index (χ2n) is 3.86. The van der Waals surface area contributed by atoms with Crippen LogP contribution in [0, 0.1) is 0 Å². The fourth-order valence-corrected chi connectivity index (χ4v) is 2.49. The van der Waals surface area contributed by atoms with Gasteiger partial charge >= 0.3 is 46.8 Å². The zero-order chi connectivity index (χ0) is 20.8. The van der Waals surface area contributed by atoms with Gasteiger partial charge in [0.05, 0.1) is 0 Å². The number of aliphatic carboxylic acids is 2. The van der Waals surface area contributed by atoms with Gasteiger partial charge in [-0.1, -0.05) is 0 Å². The summed E-state index contributed by atoms with van der Waals surface area (Å²) in [5.74, 6) is -5.83. The van der Waals surface area contributed by atoms with E-state index in [0.29, 0.717) is 0 Å². The molecule has 0 aliphatic rings. The topological polar surface area (TPSA) is 185 Å². The molecule has 14 heteroatoms. The van der Waals surface area contributed by atoms with Gasteiger partial charge in [0.25, 0.3) is 23.9 Å². The quantitative estimate of drug-likeness (QED) is 0.414. The van der Waals surface area contributed by atoms with E-state index < -0.39 is 44.9 Å². The van der Waals surface area contributed by atoms with Gasteiger partial charge in [0.15, 0.2) is 0 Å². The molecular weight excluding hydrogens is 404 g/mol. The Kier molecular flexibility index (Phi) is 20.6. The summed E-state index contributed by atoms with van der Waals surface area (Å²) < 4.78 is 18.2. The summed E-state index contributed by atoms with van der Waals surface area (Å²) in [7, 11) is -4.45. The van der Waals surface area contributed by atoms with E-state index in [-0.39, 0.29) is 37.7 Å². The second kappa shape index (κ2) is 16.7. The Bertz CT molecular complexity index is 429. The molecule has 0 aliphatic carbocycles. The summed E-state index contributed by atoms with van der Waals surface area (Å²) in [6, 6.07) is 0. The molecule has 0 radical (unpaired) electrons. The predicted molar refractivity (Wildman–Crippen MR) is 79.9 cm³/mol. The predicted octanol–water partition coefficient (Wildman–Crippen LogP) is -3.19. The van der Waals surface area contributed by atoms with Gasteiger partial charge in [0, 0.05) is 39.6 Å². The molecule has 0 atom stereocenters. The van der Waals surface area contributed by atoms with Crippen molar-refractivity contribution >= 4 is 82.6 Å². The third-order valence-corrected chi connectivity index (χ3v) is 3.22. The van der Waals surface area contributed by atoms with Gasteiger partial charge in [-0.2, -0.15) is 0 Å². The molecule has 144 valence electrons. The minimum absolute atomic E-state index is 0. The Labute approximate surface area is 180 Å². The first-order chi connectivity index (χ1) is 11.1. The summed E-state index contributed by atoms with van der Waals surface area (Å²) in [6.07, 6.45) is 0. The Morgan fingerprint density at radius 1 is 0.538 bits per heavy atom. The summed E-state index contributed by atoms with van der Waals surface area (Å²) >= 11 is 0. The number of rotatable bonds is 4. The van der Waals surface area contributed by atoms with Crippen LogP contribution in [-0.4, -0.2) is 82.6 Å². The van der Waals surface area contributed by atoms with E-state index in [9.17, 15) is 19.2 Å². The third kappa shape index (κ3) is 30.2. The van der Waals surface area contributed by atoms with Crippen LogP contribution in [-0.2, 0) is 46.5 Å². The monoisotopic (exact) mass is 422 g/mol. The summed E-state index contributed by atoms with van der Waals surface area (Å²) in [6.45, 7) is 5.88. The molecule has 0 saturated carbocycles. The van der Waals surface area contributed by atoms with Crippen LogP contribution < -0.4 is 10.2 Å². The maximum absolute atomic E-state index is 10.8. The van der Waals surface area contributed by atoms with Gasteiger partial charge in [0.1, 0.15) is 0 Å². The van der Waals surface area contributed by atoms with Gasteiger partial charge in [-0.25, -0.2) is 0 Å². The molecule has 0 amide bonds. The van der Waals surface area contributed by atoms with Crippen molar-refractivity contribution in [2.24, 2.45) is 0 Å². The molecule has 26 heavy (non-hydrogen) atoms. The fraction of sp³-hybridized carbons (Fsp3) is 0.500. The van der Waals surface area contributed by atoms with Gasteiger partial charge < -0.3 is 37.5 Å². The second-order valence-corrected chi connectivity index (χ2v) is 5.67. The van der Waals surface area contributed by atoms with Crippen molar-refractivity contribution < 1.29 is 56.7 Å². The zero-order valence-corrected chi connectivity index (χ0v) is 18.3. The summed E-state index contributed by atoms with van der Waals surface area (Å²) in [4.78, 5) is 61.1. The van der Waals surface area contributed by atoms with Gasteiger partial charge in [-0.15, -0.1) is 0 Å². The molecule has 0 aromatic rings. The van der Waals surface area contributed by atoms with Crippen LogP contribution in [0.1, 0.15) is 41.5 Å². The van der Waals surface area contributed by atoms with E-state index in [2.05, 4.69) is 17.7 Å². The average Bonchev–Trinajstić information content (AvgIpc) is 2.20. The molecule has 0 bridgehead atoms. The van der Waals surface area contributed by atoms with Gasteiger partial charge in [0.2, 0.25) is 0 Å². The first-order valence-electron chi connectivity index (χ1n) is 6.27.